The van der Waals surface area contributed by atoms with Gasteiger partial charge in [-0.25, -0.2) is 12.7 Å². The molecule has 1 aliphatic rings. The van der Waals surface area contributed by atoms with E-state index in [4.69, 9.17) is 5.26 Å². The number of thiophene rings is 1. The topological polar surface area (TPSA) is 90.3 Å². The van der Waals surface area contributed by atoms with Crippen LogP contribution in [0.25, 0.3) is 0 Å². The zero-order chi connectivity index (χ0) is 14.8. The maximum atomic E-state index is 12.2. The molecule has 6 nitrogen and oxygen atoms in total. The van der Waals surface area contributed by atoms with Crippen molar-refractivity contribution in [1.82, 2.24) is 4.31 Å². The number of carbonyl (C=O) groups excluding carboxylic acids is 1. The lowest BCUT2D eigenvalue weighted by Crippen LogP contribution is -2.43. The van der Waals surface area contributed by atoms with Gasteiger partial charge in [0.2, 0.25) is 15.9 Å². The molecule has 108 valence electrons. The Labute approximate surface area is 122 Å². The molecule has 1 aromatic rings. The SMILES string of the molecule is CS(=O)(=O)N1CCC[C@H](C(=O)Nc2sccc2C#N)C1. The van der Waals surface area contributed by atoms with Gasteiger partial charge in [-0.1, -0.05) is 0 Å². The van der Waals surface area contributed by atoms with E-state index >= 15 is 0 Å². The molecule has 1 aliphatic heterocycles. The summed E-state index contributed by atoms with van der Waals surface area (Å²) in [6, 6.07) is 3.65. The Morgan fingerprint density at radius 1 is 1.60 bits per heavy atom. The van der Waals surface area contributed by atoms with Crippen LogP contribution in [0.4, 0.5) is 5.00 Å². The highest BCUT2D eigenvalue weighted by atomic mass is 32.2. The van der Waals surface area contributed by atoms with Gasteiger partial charge in [0, 0.05) is 13.1 Å². The van der Waals surface area contributed by atoms with Crippen LogP contribution in [-0.4, -0.2) is 38.0 Å². The minimum Gasteiger partial charge on any atom is -0.316 e. The highest BCUT2D eigenvalue weighted by molar-refractivity contribution is 7.88. The number of carbonyl (C=O) groups is 1. The van der Waals surface area contributed by atoms with E-state index in [1.165, 1.54) is 15.6 Å². The van der Waals surface area contributed by atoms with E-state index in [0.717, 1.165) is 6.26 Å². The van der Waals surface area contributed by atoms with Crippen LogP contribution in [-0.2, 0) is 14.8 Å². The van der Waals surface area contributed by atoms with Crippen molar-refractivity contribution in [3.8, 4) is 6.07 Å². The number of nitriles is 1. The monoisotopic (exact) mass is 313 g/mol. The summed E-state index contributed by atoms with van der Waals surface area (Å²) >= 11 is 1.29. The molecular formula is C12H15N3O3S2. The van der Waals surface area contributed by atoms with E-state index in [0.29, 0.717) is 30.0 Å². The molecule has 2 heterocycles. The van der Waals surface area contributed by atoms with Gasteiger partial charge in [0.15, 0.2) is 0 Å². The number of amides is 1. The average Bonchev–Trinajstić information content (AvgIpc) is 2.85. The Bertz CT molecular complexity index is 645. The summed E-state index contributed by atoms with van der Waals surface area (Å²) in [6.45, 7) is 0.670. The molecule has 0 bridgehead atoms. The smallest absolute Gasteiger partial charge is 0.229 e. The van der Waals surface area contributed by atoms with Crippen LogP contribution in [0.5, 0.6) is 0 Å². The zero-order valence-electron chi connectivity index (χ0n) is 11.0. The molecule has 1 aromatic heterocycles. The van der Waals surface area contributed by atoms with Crippen LogP contribution in [0.2, 0.25) is 0 Å². The molecule has 0 saturated carbocycles. The molecule has 0 aliphatic carbocycles. The number of nitrogens with zero attached hydrogens (tertiary/aromatic N) is 2. The highest BCUT2D eigenvalue weighted by Gasteiger charge is 2.30. The summed E-state index contributed by atoms with van der Waals surface area (Å²) in [4.78, 5) is 12.2. The van der Waals surface area contributed by atoms with Crippen LogP contribution in [0, 0.1) is 17.2 Å². The largest absolute Gasteiger partial charge is 0.316 e. The Balaban J connectivity index is 2.05. The predicted molar refractivity (Wildman–Crippen MR) is 76.8 cm³/mol. The van der Waals surface area contributed by atoms with E-state index in [1.54, 1.807) is 11.4 Å². The summed E-state index contributed by atoms with van der Waals surface area (Å²) in [6.07, 6.45) is 2.48. The first-order valence-corrected chi connectivity index (χ1v) is 8.88. The predicted octanol–water partition coefficient (Wildman–Crippen LogP) is 1.23. The summed E-state index contributed by atoms with van der Waals surface area (Å²) < 4.78 is 24.4. The number of anilines is 1. The van der Waals surface area contributed by atoms with Crippen LogP contribution in [0.1, 0.15) is 18.4 Å². The van der Waals surface area contributed by atoms with Crippen molar-refractivity contribution in [1.29, 1.82) is 5.26 Å². The number of sulfonamides is 1. The molecule has 1 atom stereocenters. The maximum Gasteiger partial charge on any atom is 0.229 e. The molecule has 8 heteroatoms. The van der Waals surface area contributed by atoms with Crippen molar-refractivity contribution in [3.05, 3.63) is 17.0 Å². The number of hydrogen-bond acceptors (Lipinski definition) is 5. The van der Waals surface area contributed by atoms with E-state index < -0.39 is 10.0 Å². The van der Waals surface area contributed by atoms with Crippen LogP contribution < -0.4 is 5.32 Å². The summed E-state index contributed by atoms with van der Waals surface area (Å²) in [5.41, 5.74) is 0.430. The number of nitrogens with one attached hydrogen (secondary N) is 1. The average molecular weight is 313 g/mol. The minimum atomic E-state index is -3.26. The van der Waals surface area contributed by atoms with E-state index in [1.807, 2.05) is 6.07 Å². The zero-order valence-corrected chi connectivity index (χ0v) is 12.6. The lowest BCUT2D eigenvalue weighted by atomic mass is 9.99. The molecule has 0 aromatic carbocycles. The molecular weight excluding hydrogens is 298 g/mol. The van der Waals surface area contributed by atoms with Gasteiger partial charge in [0.1, 0.15) is 11.1 Å². The molecule has 0 unspecified atom stereocenters. The molecule has 1 amide bonds. The summed E-state index contributed by atoms with van der Waals surface area (Å²) in [7, 11) is -3.26. The third kappa shape index (κ3) is 3.36. The van der Waals surface area contributed by atoms with Gasteiger partial charge in [0.05, 0.1) is 17.7 Å². The fourth-order valence-corrected chi connectivity index (χ4v) is 3.82. The highest BCUT2D eigenvalue weighted by Crippen LogP contribution is 2.25. The second-order valence-electron chi connectivity index (χ2n) is 4.72. The van der Waals surface area contributed by atoms with E-state index in [9.17, 15) is 13.2 Å². The van der Waals surface area contributed by atoms with Gasteiger partial charge in [-0.15, -0.1) is 11.3 Å². The lowest BCUT2D eigenvalue weighted by Gasteiger charge is -2.29. The molecule has 1 fully saturated rings. The van der Waals surface area contributed by atoms with Gasteiger partial charge >= 0.3 is 0 Å². The van der Waals surface area contributed by atoms with Gasteiger partial charge in [-0.2, -0.15) is 5.26 Å². The first kappa shape index (κ1) is 15.0. The second-order valence-corrected chi connectivity index (χ2v) is 7.62. The van der Waals surface area contributed by atoms with Crippen molar-refractivity contribution in [2.45, 2.75) is 12.8 Å². The number of piperidine rings is 1. The molecule has 1 saturated heterocycles. The van der Waals surface area contributed by atoms with Gasteiger partial charge in [0.25, 0.3) is 0 Å². The van der Waals surface area contributed by atoms with Gasteiger partial charge < -0.3 is 5.32 Å². The number of rotatable bonds is 3. The minimum absolute atomic E-state index is 0.206. The summed E-state index contributed by atoms with van der Waals surface area (Å²) in [5, 5.41) is 13.9. The van der Waals surface area contributed by atoms with Crippen molar-refractivity contribution in [2.24, 2.45) is 5.92 Å². The Kier molecular flexibility index (Phi) is 4.42. The Hall–Kier alpha value is -1.43. The fraction of sp³-hybridized carbons (Fsp3) is 0.500. The molecule has 0 radical (unpaired) electrons. The van der Waals surface area contributed by atoms with Crippen LogP contribution in [0.15, 0.2) is 11.4 Å². The summed E-state index contributed by atoms with van der Waals surface area (Å²) in [5.74, 6) is -0.593. The molecule has 20 heavy (non-hydrogen) atoms. The van der Waals surface area contributed by atoms with Crippen molar-refractivity contribution < 1.29 is 13.2 Å². The third-order valence-corrected chi connectivity index (χ3v) is 5.35. The lowest BCUT2D eigenvalue weighted by molar-refractivity contribution is -0.120. The van der Waals surface area contributed by atoms with Crippen LogP contribution >= 0.6 is 11.3 Å². The number of hydrogen-bond donors (Lipinski definition) is 1. The second kappa shape index (κ2) is 5.91. The first-order chi connectivity index (χ1) is 9.41. The van der Waals surface area contributed by atoms with Gasteiger partial charge in [-0.05, 0) is 24.3 Å². The Morgan fingerprint density at radius 2 is 2.35 bits per heavy atom. The molecule has 1 N–H and O–H groups in total. The maximum absolute atomic E-state index is 12.2. The standard InChI is InChI=1S/C12H15N3O3S2/c1-20(17,18)15-5-2-3-10(8-15)11(16)14-12-9(7-13)4-6-19-12/h4,6,10H,2-3,5,8H2,1H3,(H,14,16)/t10-/m0/s1. The van der Waals surface area contributed by atoms with E-state index in [-0.39, 0.29) is 18.4 Å². The quantitative estimate of drug-likeness (QED) is 0.908. The van der Waals surface area contributed by atoms with E-state index in [2.05, 4.69) is 5.32 Å². The van der Waals surface area contributed by atoms with Crippen molar-refractivity contribution in [2.75, 3.05) is 24.7 Å². The van der Waals surface area contributed by atoms with Crippen molar-refractivity contribution in [3.63, 3.8) is 0 Å². The van der Waals surface area contributed by atoms with Crippen molar-refractivity contribution >= 4 is 32.3 Å². The third-order valence-electron chi connectivity index (χ3n) is 3.25. The molecule has 0 spiro atoms. The Morgan fingerprint density at radius 3 is 3.00 bits per heavy atom. The normalized spacial score (nSPS) is 20.3. The van der Waals surface area contributed by atoms with Gasteiger partial charge in [-0.3, -0.25) is 4.79 Å². The first-order valence-electron chi connectivity index (χ1n) is 6.15. The fourth-order valence-electron chi connectivity index (χ4n) is 2.17. The molecule has 2 rings (SSSR count). The van der Waals surface area contributed by atoms with Crippen LogP contribution in [0.3, 0.4) is 0 Å².